The third-order valence-electron chi connectivity index (χ3n) is 5.77. The second-order valence-corrected chi connectivity index (χ2v) is 12.7. The number of aryl methyl sites for hydroxylation is 1. The van der Waals surface area contributed by atoms with Crippen molar-refractivity contribution < 1.29 is 27.1 Å². The summed E-state index contributed by atoms with van der Waals surface area (Å²) in [6.07, 6.45) is 0. The van der Waals surface area contributed by atoms with Crippen LogP contribution in [0.25, 0.3) is 0 Å². The SMILES string of the molecule is Cc1ccc(S(=O)(=O)N2c3ccccc3C(=O)[C@@](Br)(C(=O)OC(C)(C)C)[C@H]2c2cccc(F)c2)cc1. The Morgan fingerprint density at radius 3 is 2.28 bits per heavy atom. The molecule has 0 saturated heterocycles. The second kappa shape index (κ2) is 9.12. The lowest BCUT2D eigenvalue weighted by atomic mass is 9.82. The summed E-state index contributed by atoms with van der Waals surface area (Å²) in [6, 6.07) is 16.0. The van der Waals surface area contributed by atoms with Gasteiger partial charge in [-0.1, -0.05) is 57.9 Å². The molecule has 1 heterocycles. The maximum Gasteiger partial charge on any atom is 0.334 e. The maximum absolute atomic E-state index is 14.4. The van der Waals surface area contributed by atoms with E-state index in [1.165, 1.54) is 42.5 Å². The molecule has 36 heavy (non-hydrogen) atoms. The summed E-state index contributed by atoms with van der Waals surface area (Å²) in [6.45, 7) is 6.74. The molecular formula is C27H25BrFNO5S. The van der Waals surface area contributed by atoms with Crippen molar-refractivity contribution in [2.24, 2.45) is 0 Å². The highest BCUT2D eigenvalue weighted by atomic mass is 79.9. The molecule has 1 aliphatic rings. The third kappa shape index (κ3) is 4.46. The molecule has 0 radical (unpaired) electrons. The van der Waals surface area contributed by atoms with Crippen LogP contribution in [0, 0.1) is 12.7 Å². The van der Waals surface area contributed by atoms with E-state index in [1.807, 2.05) is 6.92 Å². The number of esters is 1. The topological polar surface area (TPSA) is 80.8 Å². The first-order valence-electron chi connectivity index (χ1n) is 11.2. The molecule has 188 valence electrons. The number of rotatable bonds is 4. The van der Waals surface area contributed by atoms with E-state index in [1.54, 1.807) is 45.0 Å². The number of fused-ring (bicyclic) bond motifs is 1. The molecule has 6 nitrogen and oxygen atoms in total. The van der Waals surface area contributed by atoms with Gasteiger partial charge in [0.05, 0.1) is 10.6 Å². The van der Waals surface area contributed by atoms with Gasteiger partial charge in [0.15, 0.2) is 5.78 Å². The molecule has 0 N–H and O–H groups in total. The number of carbonyl (C=O) groups is 2. The zero-order valence-electron chi connectivity index (χ0n) is 20.2. The Balaban J connectivity index is 2.08. The number of sulfonamides is 1. The van der Waals surface area contributed by atoms with Gasteiger partial charge in [-0.3, -0.25) is 9.10 Å². The fourth-order valence-corrected chi connectivity index (χ4v) is 6.75. The van der Waals surface area contributed by atoms with Crippen molar-refractivity contribution in [3.63, 3.8) is 0 Å². The summed E-state index contributed by atoms with van der Waals surface area (Å²) in [5.41, 5.74) is 0.0756. The molecule has 0 aromatic heterocycles. The molecule has 2 atom stereocenters. The number of ether oxygens (including phenoxy) is 1. The smallest absolute Gasteiger partial charge is 0.334 e. The Kier molecular flexibility index (Phi) is 6.59. The van der Waals surface area contributed by atoms with Gasteiger partial charge in [0.25, 0.3) is 10.0 Å². The molecule has 4 rings (SSSR count). The first-order valence-corrected chi connectivity index (χ1v) is 13.4. The number of para-hydroxylation sites is 1. The first-order chi connectivity index (χ1) is 16.8. The van der Waals surface area contributed by atoms with Gasteiger partial charge in [0.1, 0.15) is 17.5 Å². The van der Waals surface area contributed by atoms with E-state index in [0.29, 0.717) is 0 Å². The normalized spacial score (nSPS) is 20.1. The third-order valence-corrected chi connectivity index (χ3v) is 8.68. The van der Waals surface area contributed by atoms with Crippen LogP contribution in [0.5, 0.6) is 0 Å². The Bertz CT molecular complexity index is 1450. The van der Waals surface area contributed by atoms with E-state index < -0.39 is 43.6 Å². The van der Waals surface area contributed by atoms with Crippen LogP contribution in [0.2, 0.25) is 0 Å². The van der Waals surface area contributed by atoms with Gasteiger partial charge in [0, 0.05) is 5.56 Å². The minimum absolute atomic E-state index is 0.0172. The van der Waals surface area contributed by atoms with Gasteiger partial charge in [-0.25, -0.2) is 17.6 Å². The number of ketones is 1. The number of carbonyl (C=O) groups excluding carboxylic acids is 2. The highest BCUT2D eigenvalue weighted by molar-refractivity contribution is 9.10. The lowest BCUT2D eigenvalue weighted by molar-refractivity contribution is -0.156. The Labute approximate surface area is 218 Å². The van der Waals surface area contributed by atoms with Crippen molar-refractivity contribution in [3.05, 3.63) is 95.3 Å². The summed E-state index contributed by atoms with van der Waals surface area (Å²) in [5.74, 6) is -2.31. The standard InChI is InChI=1S/C27H25BrFNO5S/c1-17-12-14-20(15-13-17)36(33,34)30-22-11-6-5-10-21(22)24(31)27(28,25(32)35-26(2,3)4)23(30)18-8-7-9-19(29)16-18/h5-16,23H,1-4H3/t23-,27-/m1/s1. The predicted molar refractivity (Wildman–Crippen MR) is 138 cm³/mol. The number of halogens is 2. The van der Waals surface area contributed by atoms with Crippen molar-refractivity contribution in [1.82, 2.24) is 0 Å². The first kappa shape index (κ1) is 26.0. The molecule has 9 heteroatoms. The predicted octanol–water partition coefficient (Wildman–Crippen LogP) is 5.74. The number of nitrogens with zero attached hydrogens (tertiary/aromatic N) is 1. The fourth-order valence-electron chi connectivity index (χ4n) is 4.17. The number of anilines is 1. The summed E-state index contributed by atoms with van der Waals surface area (Å²) >= 11 is 3.34. The van der Waals surface area contributed by atoms with Crippen LogP contribution in [0.3, 0.4) is 0 Å². The monoisotopic (exact) mass is 573 g/mol. The zero-order valence-corrected chi connectivity index (χ0v) is 22.6. The van der Waals surface area contributed by atoms with Crippen molar-refractivity contribution >= 4 is 43.4 Å². The second-order valence-electron chi connectivity index (χ2n) is 9.63. The van der Waals surface area contributed by atoms with Crippen molar-refractivity contribution in [3.8, 4) is 0 Å². The number of alkyl halides is 1. The van der Waals surface area contributed by atoms with Crippen LogP contribution >= 0.6 is 15.9 Å². The van der Waals surface area contributed by atoms with Gasteiger partial charge in [-0.05, 0) is 69.7 Å². The van der Waals surface area contributed by atoms with Gasteiger partial charge >= 0.3 is 5.97 Å². The Hall–Kier alpha value is -3.04. The number of Topliss-reactive ketones (excluding diaryl/α,β-unsaturated/α-hetero) is 1. The molecule has 0 unspecified atom stereocenters. The van der Waals surface area contributed by atoms with Gasteiger partial charge in [-0.15, -0.1) is 0 Å². The molecule has 0 amide bonds. The van der Waals surface area contributed by atoms with E-state index >= 15 is 0 Å². The van der Waals surface area contributed by atoms with Crippen LogP contribution in [-0.2, 0) is 19.6 Å². The van der Waals surface area contributed by atoms with Crippen LogP contribution in [0.4, 0.5) is 10.1 Å². The van der Waals surface area contributed by atoms with Crippen molar-refractivity contribution in [2.75, 3.05) is 4.31 Å². The average Bonchev–Trinajstić information content (AvgIpc) is 2.80. The summed E-state index contributed by atoms with van der Waals surface area (Å²) in [5, 5.41) is 0. The van der Waals surface area contributed by atoms with Gasteiger partial charge in [-0.2, -0.15) is 0 Å². The number of hydrogen-bond donors (Lipinski definition) is 0. The summed E-state index contributed by atoms with van der Waals surface area (Å²) < 4.78 is 47.2. The molecule has 3 aromatic rings. The molecule has 0 fully saturated rings. The van der Waals surface area contributed by atoms with Crippen LogP contribution in [0.1, 0.15) is 48.3 Å². The van der Waals surface area contributed by atoms with E-state index in [2.05, 4.69) is 15.9 Å². The van der Waals surface area contributed by atoms with E-state index in [9.17, 15) is 22.4 Å². The van der Waals surface area contributed by atoms with E-state index in [4.69, 9.17) is 4.74 Å². The zero-order chi connectivity index (χ0) is 26.5. The summed E-state index contributed by atoms with van der Waals surface area (Å²) in [7, 11) is -4.35. The Morgan fingerprint density at radius 2 is 1.67 bits per heavy atom. The van der Waals surface area contributed by atoms with Crippen molar-refractivity contribution in [2.45, 2.75) is 48.6 Å². The maximum atomic E-state index is 14.4. The minimum Gasteiger partial charge on any atom is -0.459 e. The van der Waals surface area contributed by atoms with Crippen LogP contribution < -0.4 is 4.31 Å². The molecule has 0 spiro atoms. The summed E-state index contributed by atoms with van der Waals surface area (Å²) in [4.78, 5) is 27.6. The number of benzene rings is 3. The highest BCUT2D eigenvalue weighted by Crippen LogP contribution is 2.52. The molecular weight excluding hydrogens is 549 g/mol. The molecule has 3 aromatic carbocycles. The van der Waals surface area contributed by atoms with Gasteiger partial charge in [0.2, 0.25) is 4.32 Å². The fraction of sp³-hybridized carbons (Fsp3) is 0.259. The van der Waals surface area contributed by atoms with Crippen molar-refractivity contribution in [1.29, 1.82) is 0 Å². The lowest BCUT2D eigenvalue weighted by Crippen LogP contribution is -2.59. The molecule has 0 saturated carbocycles. The highest BCUT2D eigenvalue weighted by Gasteiger charge is 2.61. The van der Waals surface area contributed by atoms with Crippen LogP contribution in [0.15, 0.2) is 77.7 Å². The number of hydrogen-bond acceptors (Lipinski definition) is 5. The lowest BCUT2D eigenvalue weighted by Gasteiger charge is -2.45. The Morgan fingerprint density at radius 1 is 1.03 bits per heavy atom. The van der Waals surface area contributed by atoms with Gasteiger partial charge < -0.3 is 4.74 Å². The molecule has 1 aliphatic heterocycles. The largest absolute Gasteiger partial charge is 0.459 e. The average molecular weight is 574 g/mol. The molecule has 0 aliphatic carbocycles. The molecule has 0 bridgehead atoms. The quantitative estimate of drug-likeness (QED) is 0.226. The van der Waals surface area contributed by atoms with E-state index in [-0.39, 0.29) is 21.7 Å². The van der Waals surface area contributed by atoms with Crippen LogP contribution in [-0.4, -0.2) is 30.1 Å². The minimum atomic E-state index is -4.35. The van der Waals surface area contributed by atoms with E-state index in [0.717, 1.165) is 15.9 Å².